The molecule has 1 aliphatic heterocycles. The van der Waals surface area contributed by atoms with Crippen LogP contribution in [0, 0.1) is 5.92 Å². The second-order valence-corrected chi connectivity index (χ2v) is 5.55. The zero-order valence-corrected chi connectivity index (χ0v) is 11.9. The minimum absolute atomic E-state index is 0.515. The molecule has 0 bridgehead atoms. The maximum absolute atomic E-state index is 5.87. The highest BCUT2D eigenvalue weighted by Gasteiger charge is 2.23. The third-order valence-electron chi connectivity index (χ3n) is 3.90. The van der Waals surface area contributed by atoms with E-state index in [1.807, 2.05) is 0 Å². The lowest BCUT2D eigenvalue weighted by atomic mass is 10.2. The van der Waals surface area contributed by atoms with Crippen LogP contribution in [-0.2, 0) is 6.42 Å². The molecule has 0 spiro atoms. The van der Waals surface area contributed by atoms with E-state index in [9.17, 15) is 0 Å². The average molecular weight is 247 g/mol. The lowest BCUT2D eigenvalue weighted by molar-refractivity contribution is 0.169. The number of aryl methyl sites for hydroxylation is 1. The van der Waals surface area contributed by atoms with Gasteiger partial charge in [-0.25, -0.2) is 0 Å². The summed E-state index contributed by atoms with van der Waals surface area (Å²) in [5.41, 5.74) is 1.36. The molecule has 100 valence electrons. The highest BCUT2D eigenvalue weighted by atomic mass is 16.5. The first-order valence-corrected chi connectivity index (χ1v) is 7.14. The lowest BCUT2D eigenvalue weighted by Crippen LogP contribution is -2.35. The van der Waals surface area contributed by atoms with E-state index in [4.69, 9.17) is 4.74 Å². The topological polar surface area (TPSA) is 12.5 Å². The van der Waals surface area contributed by atoms with Crippen LogP contribution in [0.1, 0.15) is 32.8 Å². The molecule has 1 aromatic rings. The van der Waals surface area contributed by atoms with Gasteiger partial charge in [-0.3, -0.25) is 4.90 Å². The minimum Gasteiger partial charge on any atom is -0.492 e. The third kappa shape index (κ3) is 3.49. The number of likely N-dealkylation sites (tertiary alicyclic amines) is 1. The number of ether oxygens (including phenoxy) is 1. The molecule has 0 amide bonds. The summed E-state index contributed by atoms with van der Waals surface area (Å²) in [6.07, 6.45) is 2.41. The fourth-order valence-corrected chi connectivity index (χ4v) is 2.51. The van der Waals surface area contributed by atoms with Crippen LogP contribution >= 0.6 is 0 Å². The van der Waals surface area contributed by atoms with Crippen molar-refractivity contribution in [2.45, 2.75) is 39.7 Å². The first kappa shape index (κ1) is 13.4. The van der Waals surface area contributed by atoms with Gasteiger partial charge in [-0.1, -0.05) is 26.0 Å². The Morgan fingerprint density at radius 2 is 2.06 bits per heavy atom. The Balaban J connectivity index is 1.79. The summed E-state index contributed by atoms with van der Waals surface area (Å²) in [7, 11) is 0. The van der Waals surface area contributed by atoms with E-state index in [1.54, 1.807) is 0 Å². The van der Waals surface area contributed by atoms with Crippen molar-refractivity contribution in [3.05, 3.63) is 29.8 Å². The van der Waals surface area contributed by atoms with Gasteiger partial charge in [0.2, 0.25) is 0 Å². The molecule has 0 saturated carbocycles. The maximum Gasteiger partial charge on any atom is 0.119 e. The third-order valence-corrected chi connectivity index (χ3v) is 3.90. The van der Waals surface area contributed by atoms with Crippen molar-refractivity contribution in [2.75, 3.05) is 19.7 Å². The summed E-state index contributed by atoms with van der Waals surface area (Å²) >= 11 is 0. The van der Waals surface area contributed by atoms with Crippen LogP contribution in [0.5, 0.6) is 5.75 Å². The first-order chi connectivity index (χ1) is 8.69. The molecule has 1 heterocycles. The van der Waals surface area contributed by atoms with E-state index < -0.39 is 0 Å². The molecular formula is C16H25NO. The molecule has 2 rings (SSSR count). The molecule has 18 heavy (non-hydrogen) atoms. The summed E-state index contributed by atoms with van der Waals surface area (Å²) in [5.74, 6) is 1.84. The van der Waals surface area contributed by atoms with Crippen LogP contribution in [-0.4, -0.2) is 30.6 Å². The van der Waals surface area contributed by atoms with Crippen molar-refractivity contribution in [1.82, 2.24) is 4.90 Å². The summed E-state index contributed by atoms with van der Waals surface area (Å²) in [5, 5.41) is 0. The summed E-state index contributed by atoms with van der Waals surface area (Å²) in [6.45, 7) is 10.00. The van der Waals surface area contributed by atoms with Gasteiger partial charge in [-0.15, -0.1) is 0 Å². The van der Waals surface area contributed by atoms with Gasteiger partial charge in [-0.2, -0.15) is 0 Å². The molecule has 2 heteroatoms. The van der Waals surface area contributed by atoms with Crippen LogP contribution in [0.4, 0.5) is 0 Å². The van der Waals surface area contributed by atoms with Gasteiger partial charge in [0.05, 0.1) is 0 Å². The van der Waals surface area contributed by atoms with Gasteiger partial charge < -0.3 is 4.74 Å². The van der Waals surface area contributed by atoms with Crippen molar-refractivity contribution >= 4 is 0 Å². The van der Waals surface area contributed by atoms with E-state index in [2.05, 4.69) is 49.9 Å². The van der Waals surface area contributed by atoms with Crippen LogP contribution in [0.3, 0.4) is 0 Å². The molecule has 1 fully saturated rings. The molecule has 0 aliphatic carbocycles. The Morgan fingerprint density at radius 3 is 2.61 bits per heavy atom. The van der Waals surface area contributed by atoms with Gasteiger partial charge in [0, 0.05) is 12.6 Å². The largest absolute Gasteiger partial charge is 0.492 e. The molecule has 1 aliphatic rings. The zero-order chi connectivity index (χ0) is 13.0. The molecule has 2 nitrogen and oxygen atoms in total. The monoisotopic (exact) mass is 247 g/mol. The van der Waals surface area contributed by atoms with E-state index in [1.165, 1.54) is 25.1 Å². The van der Waals surface area contributed by atoms with Crippen LogP contribution in [0.2, 0.25) is 0 Å². The Morgan fingerprint density at radius 1 is 1.33 bits per heavy atom. The lowest BCUT2D eigenvalue weighted by Gasteiger charge is -2.24. The number of rotatable bonds is 5. The van der Waals surface area contributed by atoms with Gasteiger partial charge in [0.25, 0.3) is 0 Å². The SMILES string of the molecule is CCc1ccc(OCC(C)N2CCC(C)C2)cc1. The normalized spacial score (nSPS) is 22.1. The highest BCUT2D eigenvalue weighted by molar-refractivity contribution is 5.27. The van der Waals surface area contributed by atoms with Gasteiger partial charge in [-0.05, 0) is 49.9 Å². The maximum atomic E-state index is 5.87. The van der Waals surface area contributed by atoms with Gasteiger partial charge in [0.15, 0.2) is 0 Å². The first-order valence-electron chi connectivity index (χ1n) is 7.14. The molecule has 0 N–H and O–H groups in total. The quantitative estimate of drug-likeness (QED) is 0.791. The van der Waals surface area contributed by atoms with Gasteiger partial charge in [0.1, 0.15) is 12.4 Å². The summed E-state index contributed by atoms with van der Waals surface area (Å²) in [6, 6.07) is 8.98. The van der Waals surface area contributed by atoms with E-state index in [0.717, 1.165) is 24.7 Å². The van der Waals surface area contributed by atoms with Crippen molar-refractivity contribution < 1.29 is 4.74 Å². The van der Waals surface area contributed by atoms with Crippen LogP contribution in [0.15, 0.2) is 24.3 Å². The van der Waals surface area contributed by atoms with Crippen molar-refractivity contribution in [3.63, 3.8) is 0 Å². The standard InChI is InChI=1S/C16H25NO/c1-4-15-5-7-16(8-6-15)18-12-14(3)17-10-9-13(2)11-17/h5-8,13-14H,4,9-12H2,1-3H3. The Kier molecular flexibility index (Phi) is 4.65. The van der Waals surface area contributed by atoms with E-state index in [-0.39, 0.29) is 0 Å². The molecule has 1 aromatic carbocycles. The van der Waals surface area contributed by atoms with Crippen molar-refractivity contribution in [1.29, 1.82) is 0 Å². The van der Waals surface area contributed by atoms with Crippen molar-refractivity contribution in [2.24, 2.45) is 5.92 Å². The molecule has 2 unspecified atom stereocenters. The Labute approximate surface area is 111 Å². The van der Waals surface area contributed by atoms with Crippen LogP contribution in [0.25, 0.3) is 0 Å². The number of nitrogens with zero attached hydrogens (tertiary/aromatic N) is 1. The molecule has 0 aromatic heterocycles. The minimum atomic E-state index is 0.515. The Hall–Kier alpha value is -1.02. The zero-order valence-electron chi connectivity index (χ0n) is 11.9. The second kappa shape index (κ2) is 6.24. The summed E-state index contributed by atoms with van der Waals surface area (Å²) in [4.78, 5) is 2.53. The number of hydrogen-bond donors (Lipinski definition) is 0. The smallest absolute Gasteiger partial charge is 0.119 e. The number of benzene rings is 1. The molecule has 1 saturated heterocycles. The Bertz CT molecular complexity index is 360. The summed E-state index contributed by atoms with van der Waals surface area (Å²) < 4.78 is 5.87. The predicted molar refractivity (Wildman–Crippen MR) is 76.1 cm³/mol. The average Bonchev–Trinajstić information content (AvgIpc) is 2.83. The molecule has 2 atom stereocenters. The molecular weight excluding hydrogens is 222 g/mol. The van der Waals surface area contributed by atoms with Crippen LogP contribution < -0.4 is 4.74 Å². The fraction of sp³-hybridized carbons (Fsp3) is 0.625. The highest BCUT2D eigenvalue weighted by Crippen LogP contribution is 2.19. The van der Waals surface area contributed by atoms with Crippen molar-refractivity contribution in [3.8, 4) is 5.75 Å². The number of hydrogen-bond acceptors (Lipinski definition) is 2. The van der Waals surface area contributed by atoms with Gasteiger partial charge >= 0.3 is 0 Å². The van der Waals surface area contributed by atoms with E-state index >= 15 is 0 Å². The van der Waals surface area contributed by atoms with E-state index in [0.29, 0.717) is 6.04 Å². The predicted octanol–water partition coefficient (Wildman–Crippen LogP) is 3.36. The fourth-order valence-electron chi connectivity index (χ4n) is 2.51. The second-order valence-electron chi connectivity index (χ2n) is 5.55. The molecule has 0 radical (unpaired) electrons.